The Morgan fingerprint density at radius 2 is 2.28 bits per heavy atom. The Balaban J connectivity index is 2.13. The van der Waals surface area contributed by atoms with Crippen LogP contribution in [0.2, 0.25) is 5.15 Å². The van der Waals surface area contributed by atoms with Gasteiger partial charge in [0.15, 0.2) is 0 Å². The Labute approximate surface area is 110 Å². The minimum atomic E-state index is 0.305. The lowest BCUT2D eigenvalue weighted by Gasteiger charge is -2.05. The summed E-state index contributed by atoms with van der Waals surface area (Å²) in [6.07, 6.45) is 1.94. The van der Waals surface area contributed by atoms with Gasteiger partial charge in [0.25, 0.3) is 0 Å². The second-order valence-electron chi connectivity index (χ2n) is 3.94. The van der Waals surface area contributed by atoms with E-state index in [1.54, 1.807) is 10.7 Å². The number of rotatable bonds is 3. The summed E-state index contributed by atoms with van der Waals surface area (Å²) in [5, 5.41) is 16.5. The lowest BCUT2D eigenvalue weighted by atomic mass is 10.2. The minimum Gasteiger partial charge on any atom is -0.366 e. The number of anilines is 1. The van der Waals surface area contributed by atoms with E-state index < -0.39 is 0 Å². The number of aromatic nitrogens is 3. The molecule has 0 saturated carbocycles. The maximum Gasteiger partial charge on any atom is 0.132 e. The van der Waals surface area contributed by atoms with Gasteiger partial charge in [0.2, 0.25) is 0 Å². The van der Waals surface area contributed by atoms with Crippen molar-refractivity contribution in [1.29, 1.82) is 5.26 Å². The van der Waals surface area contributed by atoms with Gasteiger partial charge in [-0.1, -0.05) is 11.6 Å². The lowest BCUT2D eigenvalue weighted by molar-refractivity contribution is 0.756. The Morgan fingerprint density at radius 3 is 2.89 bits per heavy atom. The number of aryl methyl sites for hydroxylation is 2. The maximum atomic E-state index is 8.84. The van der Waals surface area contributed by atoms with Crippen molar-refractivity contribution >= 4 is 17.4 Å². The summed E-state index contributed by atoms with van der Waals surface area (Å²) >= 11 is 5.83. The quantitative estimate of drug-likeness (QED) is 0.861. The molecule has 2 rings (SSSR count). The van der Waals surface area contributed by atoms with Crippen LogP contribution in [0.25, 0.3) is 0 Å². The van der Waals surface area contributed by atoms with Gasteiger partial charge < -0.3 is 5.32 Å². The predicted octanol–water partition coefficient (Wildman–Crippen LogP) is 2.26. The van der Waals surface area contributed by atoms with Crippen LogP contribution in [0.15, 0.2) is 18.3 Å². The monoisotopic (exact) mass is 261 g/mol. The highest BCUT2D eigenvalue weighted by Crippen LogP contribution is 2.15. The third-order valence-electron chi connectivity index (χ3n) is 2.50. The summed E-state index contributed by atoms with van der Waals surface area (Å²) < 4.78 is 1.76. The molecule has 0 aliphatic rings. The molecule has 0 bridgehead atoms. The third-order valence-corrected chi connectivity index (χ3v) is 2.69. The first kappa shape index (κ1) is 12.4. The van der Waals surface area contributed by atoms with Crippen LogP contribution < -0.4 is 5.32 Å². The smallest absolute Gasteiger partial charge is 0.132 e. The molecule has 92 valence electrons. The zero-order valence-electron chi connectivity index (χ0n) is 10.1. The summed E-state index contributed by atoms with van der Waals surface area (Å²) in [5.41, 5.74) is 2.53. The summed E-state index contributed by atoms with van der Waals surface area (Å²) in [4.78, 5) is 4.11. The van der Waals surface area contributed by atoms with Crippen molar-refractivity contribution < 1.29 is 0 Å². The van der Waals surface area contributed by atoms with Crippen LogP contribution in [0.3, 0.4) is 0 Å². The molecule has 6 heteroatoms. The van der Waals surface area contributed by atoms with Crippen molar-refractivity contribution in [1.82, 2.24) is 14.8 Å². The van der Waals surface area contributed by atoms with E-state index in [4.69, 9.17) is 16.9 Å². The van der Waals surface area contributed by atoms with Crippen molar-refractivity contribution in [2.24, 2.45) is 7.05 Å². The average Bonchev–Trinajstić information content (AvgIpc) is 2.64. The number of nitrogens with one attached hydrogen (secondary N) is 1. The van der Waals surface area contributed by atoms with E-state index in [0.717, 1.165) is 11.3 Å². The Hall–Kier alpha value is -2.06. The minimum absolute atomic E-state index is 0.305. The van der Waals surface area contributed by atoms with E-state index >= 15 is 0 Å². The zero-order chi connectivity index (χ0) is 13.1. The maximum absolute atomic E-state index is 8.84. The van der Waals surface area contributed by atoms with Crippen LogP contribution in [0, 0.1) is 18.3 Å². The molecule has 2 heterocycles. The highest BCUT2D eigenvalue weighted by molar-refractivity contribution is 6.29. The zero-order valence-corrected chi connectivity index (χ0v) is 10.9. The van der Waals surface area contributed by atoms with Gasteiger partial charge >= 0.3 is 0 Å². The first-order valence-electron chi connectivity index (χ1n) is 5.39. The van der Waals surface area contributed by atoms with E-state index in [-0.39, 0.29) is 0 Å². The van der Waals surface area contributed by atoms with Gasteiger partial charge in [-0.05, 0) is 19.1 Å². The van der Waals surface area contributed by atoms with Crippen LogP contribution in [0.5, 0.6) is 0 Å². The largest absolute Gasteiger partial charge is 0.366 e. The van der Waals surface area contributed by atoms with Crippen LogP contribution in [-0.4, -0.2) is 14.8 Å². The molecule has 2 aromatic heterocycles. The first-order valence-corrected chi connectivity index (χ1v) is 5.77. The molecule has 0 atom stereocenters. The van der Waals surface area contributed by atoms with E-state index in [2.05, 4.69) is 15.4 Å². The van der Waals surface area contributed by atoms with Gasteiger partial charge in [-0.15, -0.1) is 0 Å². The van der Waals surface area contributed by atoms with Gasteiger partial charge in [-0.25, -0.2) is 4.98 Å². The molecule has 1 N–H and O–H groups in total. The van der Waals surface area contributed by atoms with Crippen molar-refractivity contribution in [3.8, 4) is 6.07 Å². The van der Waals surface area contributed by atoms with E-state index in [1.165, 1.54) is 6.07 Å². The number of hydrogen-bond acceptors (Lipinski definition) is 4. The van der Waals surface area contributed by atoms with Crippen LogP contribution in [0.1, 0.15) is 16.8 Å². The molecule has 0 aliphatic heterocycles. The Kier molecular flexibility index (Phi) is 3.49. The molecule has 0 unspecified atom stereocenters. The highest BCUT2D eigenvalue weighted by Gasteiger charge is 2.04. The van der Waals surface area contributed by atoms with Gasteiger partial charge in [0, 0.05) is 25.4 Å². The summed E-state index contributed by atoms with van der Waals surface area (Å²) in [5.74, 6) is 0.585. The Bertz CT molecular complexity index is 611. The van der Waals surface area contributed by atoms with Crippen molar-refractivity contribution in [3.63, 3.8) is 0 Å². The molecular weight excluding hydrogens is 250 g/mol. The molecule has 0 spiro atoms. The molecule has 0 fully saturated rings. The summed E-state index contributed by atoms with van der Waals surface area (Å²) in [6.45, 7) is 2.54. The third kappa shape index (κ3) is 2.79. The van der Waals surface area contributed by atoms with Crippen LogP contribution >= 0.6 is 11.6 Å². The standard InChI is InChI=1S/C12H12ClN5/c1-8-10(7-18(2)17-8)6-15-12-4-9(5-14)3-11(13)16-12/h3-4,7H,6H2,1-2H3,(H,15,16). The molecule has 0 saturated heterocycles. The van der Waals surface area contributed by atoms with Gasteiger partial charge in [0.05, 0.1) is 17.3 Å². The average molecular weight is 262 g/mol. The molecule has 0 radical (unpaired) electrons. The fourth-order valence-corrected chi connectivity index (χ4v) is 1.87. The molecule has 0 aromatic carbocycles. The first-order chi connectivity index (χ1) is 8.58. The van der Waals surface area contributed by atoms with E-state index in [0.29, 0.717) is 23.1 Å². The van der Waals surface area contributed by atoms with E-state index in [9.17, 15) is 0 Å². The van der Waals surface area contributed by atoms with Crippen molar-refractivity contribution in [2.75, 3.05) is 5.32 Å². The lowest BCUT2D eigenvalue weighted by Crippen LogP contribution is -2.02. The molecule has 0 aliphatic carbocycles. The number of nitriles is 1. The normalized spacial score (nSPS) is 10.1. The SMILES string of the molecule is Cc1nn(C)cc1CNc1cc(C#N)cc(Cl)n1. The van der Waals surface area contributed by atoms with Gasteiger partial charge in [-0.2, -0.15) is 10.4 Å². The van der Waals surface area contributed by atoms with Crippen LogP contribution in [0.4, 0.5) is 5.82 Å². The van der Waals surface area contributed by atoms with Crippen molar-refractivity contribution in [3.05, 3.63) is 40.3 Å². The van der Waals surface area contributed by atoms with E-state index in [1.807, 2.05) is 26.2 Å². The number of halogens is 1. The fourth-order valence-electron chi connectivity index (χ4n) is 1.66. The number of pyridine rings is 1. The summed E-state index contributed by atoms with van der Waals surface area (Å²) in [7, 11) is 1.88. The fraction of sp³-hybridized carbons (Fsp3) is 0.250. The van der Waals surface area contributed by atoms with Gasteiger partial charge in [0.1, 0.15) is 11.0 Å². The van der Waals surface area contributed by atoms with Gasteiger partial charge in [-0.3, -0.25) is 4.68 Å². The molecule has 0 amide bonds. The second-order valence-corrected chi connectivity index (χ2v) is 4.33. The topological polar surface area (TPSA) is 66.5 Å². The molecule has 2 aromatic rings. The van der Waals surface area contributed by atoms with Crippen LogP contribution in [-0.2, 0) is 13.6 Å². The molecule has 18 heavy (non-hydrogen) atoms. The number of nitrogens with zero attached hydrogens (tertiary/aromatic N) is 4. The molecule has 5 nitrogen and oxygen atoms in total. The number of hydrogen-bond donors (Lipinski definition) is 1. The molecular formula is C12H12ClN5. The summed E-state index contributed by atoms with van der Waals surface area (Å²) in [6, 6.07) is 5.24. The van der Waals surface area contributed by atoms with Crippen molar-refractivity contribution in [2.45, 2.75) is 13.5 Å². The Morgan fingerprint density at radius 1 is 1.50 bits per heavy atom. The highest BCUT2D eigenvalue weighted by atomic mass is 35.5. The predicted molar refractivity (Wildman–Crippen MR) is 69.2 cm³/mol. The second kappa shape index (κ2) is 5.07.